The number of aliphatic imine (C=N–C) groups is 1. The molecule has 0 bridgehead atoms. The van der Waals surface area contributed by atoms with Crippen LogP contribution in [0.2, 0.25) is 19.6 Å². The van der Waals surface area contributed by atoms with E-state index in [1.54, 1.807) is 0 Å². The molecule has 0 aliphatic rings. The SMILES string of the molecule is Cc1ncn(C)c1CC=Nc1ccccc1O[Si](C)(C)C. The molecule has 0 fully saturated rings. The van der Waals surface area contributed by atoms with Crippen LogP contribution >= 0.6 is 0 Å². The first kappa shape index (κ1) is 15.5. The van der Waals surface area contributed by atoms with Crippen molar-refractivity contribution in [1.82, 2.24) is 9.55 Å². The zero-order chi connectivity index (χ0) is 15.5. The van der Waals surface area contributed by atoms with E-state index in [0.717, 1.165) is 23.6 Å². The molecule has 0 saturated carbocycles. The summed E-state index contributed by atoms with van der Waals surface area (Å²) in [4.78, 5) is 8.87. The van der Waals surface area contributed by atoms with Crippen LogP contribution < -0.4 is 4.43 Å². The fourth-order valence-electron chi connectivity index (χ4n) is 2.07. The van der Waals surface area contributed by atoms with E-state index in [2.05, 4.69) is 29.6 Å². The van der Waals surface area contributed by atoms with Gasteiger partial charge in [0.05, 0.1) is 12.0 Å². The van der Waals surface area contributed by atoms with Gasteiger partial charge in [-0.15, -0.1) is 0 Å². The Morgan fingerprint density at radius 1 is 1.29 bits per heavy atom. The number of hydrogen-bond acceptors (Lipinski definition) is 3. The van der Waals surface area contributed by atoms with E-state index in [9.17, 15) is 0 Å². The zero-order valence-corrected chi connectivity index (χ0v) is 14.4. The van der Waals surface area contributed by atoms with Crippen molar-refractivity contribution in [3.05, 3.63) is 42.0 Å². The molecule has 1 aromatic carbocycles. The smallest absolute Gasteiger partial charge is 0.242 e. The third kappa shape index (κ3) is 4.29. The number of hydrogen-bond donors (Lipinski definition) is 0. The molecule has 0 aliphatic heterocycles. The summed E-state index contributed by atoms with van der Waals surface area (Å²) in [6.07, 6.45) is 4.53. The molecule has 0 radical (unpaired) electrons. The lowest BCUT2D eigenvalue weighted by Gasteiger charge is -2.20. The fourth-order valence-corrected chi connectivity index (χ4v) is 2.91. The van der Waals surface area contributed by atoms with Crippen LogP contribution in [0.25, 0.3) is 0 Å². The first-order chi connectivity index (χ1) is 9.87. The summed E-state index contributed by atoms with van der Waals surface area (Å²) < 4.78 is 8.11. The average molecular weight is 301 g/mol. The number of aromatic nitrogens is 2. The van der Waals surface area contributed by atoms with Gasteiger partial charge in [0.1, 0.15) is 11.4 Å². The number of benzene rings is 1. The summed E-state index contributed by atoms with van der Waals surface area (Å²) >= 11 is 0. The van der Waals surface area contributed by atoms with Crippen molar-refractivity contribution in [1.29, 1.82) is 0 Å². The van der Waals surface area contributed by atoms with Crippen molar-refractivity contribution in [2.24, 2.45) is 12.0 Å². The molecule has 0 saturated heterocycles. The van der Waals surface area contributed by atoms with Crippen LogP contribution in [-0.2, 0) is 13.5 Å². The van der Waals surface area contributed by atoms with Crippen LogP contribution in [0.5, 0.6) is 5.75 Å². The number of imidazole rings is 1. The molecule has 112 valence electrons. The second-order valence-electron chi connectivity index (χ2n) is 6.09. The fraction of sp³-hybridized carbons (Fsp3) is 0.375. The lowest BCUT2D eigenvalue weighted by atomic mass is 10.2. The Hall–Kier alpha value is -1.88. The number of rotatable bonds is 5. The van der Waals surface area contributed by atoms with Crippen molar-refractivity contribution >= 4 is 20.2 Å². The van der Waals surface area contributed by atoms with Gasteiger partial charge in [-0.25, -0.2) is 4.98 Å². The monoisotopic (exact) mass is 301 g/mol. The molecule has 21 heavy (non-hydrogen) atoms. The quantitative estimate of drug-likeness (QED) is 0.621. The molecule has 1 heterocycles. The maximum absolute atomic E-state index is 6.08. The first-order valence-corrected chi connectivity index (χ1v) is 10.5. The zero-order valence-electron chi connectivity index (χ0n) is 13.4. The lowest BCUT2D eigenvalue weighted by Crippen LogP contribution is -2.29. The topological polar surface area (TPSA) is 39.4 Å². The van der Waals surface area contributed by atoms with Crippen LogP contribution in [0.4, 0.5) is 5.69 Å². The molecule has 1 aromatic heterocycles. The largest absolute Gasteiger partial charge is 0.543 e. The summed E-state index contributed by atoms with van der Waals surface area (Å²) in [7, 11) is 0.378. The third-order valence-corrected chi connectivity index (χ3v) is 3.90. The van der Waals surface area contributed by atoms with Crippen LogP contribution in [0.3, 0.4) is 0 Å². The molecular formula is C16H23N3OSi. The third-order valence-electron chi connectivity index (χ3n) is 3.06. The minimum atomic E-state index is -1.63. The standard InChI is InChI=1S/C16H23N3OSi/c1-13-15(19(2)12-18-13)10-11-17-14-8-6-7-9-16(14)20-21(3,4)5/h6-9,11-12H,10H2,1-5H3. The van der Waals surface area contributed by atoms with Gasteiger partial charge in [0.25, 0.3) is 0 Å². The normalized spacial score (nSPS) is 12.0. The van der Waals surface area contributed by atoms with Crippen LogP contribution in [-0.4, -0.2) is 24.1 Å². The van der Waals surface area contributed by atoms with Gasteiger partial charge >= 0.3 is 0 Å². The molecule has 2 aromatic rings. The summed E-state index contributed by atoms with van der Waals surface area (Å²) in [6, 6.07) is 7.95. The highest BCUT2D eigenvalue weighted by atomic mass is 28.4. The van der Waals surface area contributed by atoms with Crippen molar-refractivity contribution in [2.45, 2.75) is 33.0 Å². The average Bonchev–Trinajstić information content (AvgIpc) is 2.70. The molecule has 0 amide bonds. The van der Waals surface area contributed by atoms with Crippen LogP contribution in [0, 0.1) is 6.92 Å². The Morgan fingerprint density at radius 2 is 2.00 bits per heavy atom. The number of nitrogens with zero attached hydrogens (tertiary/aromatic N) is 3. The Labute approximate surface area is 127 Å². The van der Waals surface area contributed by atoms with Crippen molar-refractivity contribution in [3.8, 4) is 5.75 Å². The molecule has 5 heteroatoms. The van der Waals surface area contributed by atoms with Gasteiger partial charge in [-0.3, -0.25) is 4.99 Å². The van der Waals surface area contributed by atoms with Gasteiger partial charge in [-0.1, -0.05) is 12.1 Å². The van der Waals surface area contributed by atoms with E-state index in [4.69, 9.17) is 4.43 Å². The minimum absolute atomic E-state index is 0.767. The highest BCUT2D eigenvalue weighted by molar-refractivity contribution is 6.70. The minimum Gasteiger partial charge on any atom is -0.543 e. The summed E-state index contributed by atoms with van der Waals surface area (Å²) in [5.74, 6) is 0.870. The van der Waals surface area contributed by atoms with E-state index in [0.29, 0.717) is 0 Å². The molecule has 0 aliphatic carbocycles. The Balaban J connectivity index is 2.14. The molecular weight excluding hydrogens is 278 g/mol. The van der Waals surface area contributed by atoms with E-state index in [1.807, 2.05) is 55.3 Å². The van der Waals surface area contributed by atoms with Gasteiger partial charge in [0.2, 0.25) is 8.32 Å². The molecule has 2 rings (SSSR count). The van der Waals surface area contributed by atoms with Gasteiger partial charge in [0.15, 0.2) is 0 Å². The van der Waals surface area contributed by atoms with Crippen molar-refractivity contribution < 1.29 is 4.43 Å². The van der Waals surface area contributed by atoms with E-state index in [-0.39, 0.29) is 0 Å². The van der Waals surface area contributed by atoms with Gasteiger partial charge < -0.3 is 8.99 Å². The second-order valence-corrected chi connectivity index (χ2v) is 10.5. The highest BCUT2D eigenvalue weighted by Crippen LogP contribution is 2.28. The Kier molecular flexibility index (Phi) is 4.62. The van der Waals surface area contributed by atoms with Gasteiger partial charge in [0, 0.05) is 25.4 Å². The molecule has 0 unspecified atom stereocenters. The Bertz CT molecular complexity index is 622. The van der Waals surface area contributed by atoms with Crippen LogP contribution in [0.15, 0.2) is 35.6 Å². The van der Waals surface area contributed by atoms with Crippen molar-refractivity contribution in [2.75, 3.05) is 0 Å². The predicted octanol–water partition coefficient (Wildman–Crippen LogP) is 3.89. The van der Waals surface area contributed by atoms with Gasteiger partial charge in [-0.2, -0.15) is 0 Å². The van der Waals surface area contributed by atoms with Gasteiger partial charge in [-0.05, 0) is 38.7 Å². The maximum atomic E-state index is 6.08. The lowest BCUT2D eigenvalue weighted by molar-refractivity contribution is 0.559. The summed E-state index contributed by atoms with van der Waals surface area (Å²) in [5.41, 5.74) is 3.12. The number of para-hydroxylation sites is 2. The maximum Gasteiger partial charge on any atom is 0.242 e. The van der Waals surface area contributed by atoms with E-state index >= 15 is 0 Å². The molecule has 4 nitrogen and oxygen atoms in total. The van der Waals surface area contributed by atoms with Crippen LogP contribution in [0.1, 0.15) is 11.4 Å². The van der Waals surface area contributed by atoms with Crippen molar-refractivity contribution in [3.63, 3.8) is 0 Å². The highest BCUT2D eigenvalue weighted by Gasteiger charge is 2.17. The summed E-state index contributed by atoms with van der Waals surface area (Å²) in [6.45, 7) is 8.54. The Morgan fingerprint density at radius 3 is 2.62 bits per heavy atom. The second kappa shape index (κ2) is 6.26. The molecule has 0 atom stereocenters. The first-order valence-electron chi connectivity index (χ1n) is 7.14. The van der Waals surface area contributed by atoms with E-state index in [1.165, 1.54) is 5.69 Å². The van der Waals surface area contributed by atoms with E-state index < -0.39 is 8.32 Å². The predicted molar refractivity (Wildman–Crippen MR) is 90.2 cm³/mol. The molecule has 0 N–H and O–H groups in total. The molecule has 0 spiro atoms. The number of aryl methyl sites for hydroxylation is 2. The summed E-state index contributed by atoms with van der Waals surface area (Å²) in [5, 5.41) is 0.